The quantitative estimate of drug-likeness (QED) is 0.761. The van der Waals surface area contributed by atoms with E-state index in [0.29, 0.717) is 12.3 Å². The summed E-state index contributed by atoms with van der Waals surface area (Å²) in [5, 5.41) is 11.3. The predicted octanol–water partition coefficient (Wildman–Crippen LogP) is 0.685. The van der Waals surface area contributed by atoms with Crippen LogP contribution < -0.4 is 10.1 Å². The topological polar surface area (TPSA) is 88.5 Å². The molecule has 6 nitrogen and oxygen atoms in total. The smallest absolute Gasteiger partial charge is 0.354 e. The van der Waals surface area contributed by atoms with Gasteiger partial charge in [-0.3, -0.25) is 4.79 Å². The number of nitrogens with zero attached hydrogens (tertiary/aromatic N) is 1. The molecular weight excluding hydrogens is 224 g/mol. The number of hydrogen-bond acceptors (Lipinski definition) is 4. The van der Waals surface area contributed by atoms with Gasteiger partial charge in [-0.1, -0.05) is 6.92 Å². The zero-order valence-electron chi connectivity index (χ0n) is 9.47. The van der Waals surface area contributed by atoms with Crippen molar-refractivity contribution in [2.24, 2.45) is 0 Å². The summed E-state index contributed by atoms with van der Waals surface area (Å²) in [6, 6.07) is 2.78. The van der Waals surface area contributed by atoms with Crippen molar-refractivity contribution in [3.05, 3.63) is 24.0 Å². The monoisotopic (exact) mass is 238 g/mol. The van der Waals surface area contributed by atoms with Crippen LogP contribution >= 0.6 is 0 Å². The maximum atomic E-state index is 11.2. The molecule has 0 saturated heterocycles. The second kappa shape index (κ2) is 6.47. The van der Waals surface area contributed by atoms with E-state index in [-0.39, 0.29) is 18.2 Å². The van der Waals surface area contributed by atoms with Gasteiger partial charge in [0.05, 0.1) is 6.20 Å². The van der Waals surface area contributed by atoms with Crippen molar-refractivity contribution in [2.45, 2.75) is 13.3 Å². The Morgan fingerprint density at radius 2 is 2.24 bits per heavy atom. The molecule has 17 heavy (non-hydrogen) atoms. The second-order valence-electron chi connectivity index (χ2n) is 3.32. The van der Waals surface area contributed by atoms with Gasteiger partial charge in [0.25, 0.3) is 5.91 Å². The Kier molecular flexibility index (Phi) is 4.93. The molecule has 0 fully saturated rings. The van der Waals surface area contributed by atoms with Crippen molar-refractivity contribution in [2.75, 3.05) is 13.2 Å². The molecule has 1 aromatic rings. The van der Waals surface area contributed by atoms with Crippen molar-refractivity contribution in [1.29, 1.82) is 0 Å². The van der Waals surface area contributed by atoms with Crippen molar-refractivity contribution in [3.63, 3.8) is 0 Å². The number of aromatic nitrogens is 1. The number of hydrogen-bond donors (Lipinski definition) is 2. The lowest BCUT2D eigenvalue weighted by atomic mass is 10.3. The third kappa shape index (κ3) is 4.50. The lowest BCUT2D eigenvalue weighted by Crippen LogP contribution is -2.29. The van der Waals surface area contributed by atoms with Gasteiger partial charge in [-0.05, 0) is 18.6 Å². The van der Waals surface area contributed by atoms with Crippen LogP contribution in [0, 0.1) is 0 Å². The van der Waals surface area contributed by atoms with E-state index >= 15 is 0 Å². The first kappa shape index (κ1) is 13.0. The number of carboxylic acid groups (broad SMARTS) is 1. The lowest BCUT2D eigenvalue weighted by Gasteiger charge is -2.06. The molecule has 0 aliphatic carbocycles. The maximum absolute atomic E-state index is 11.2. The Morgan fingerprint density at radius 3 is 2.76 bits per heavy atom. The predicted molar refractivity (Wildman–Crippen MR) is 60.0 cm³/mol. The Morgan fingerprint density at radius 1 is 1.47 bits per heavy atom. The summed E-state index contributed by atoms with van der Waals surface area (Å²) >= 11 is 0. The highest BCUT2D eigenvalue weighted by Gasteiger charge is 2.05. The number of carbonyl (C=O) groups is 2. The zero-order chi connectivity index (χ0) is 12.7. The molecule has 0 bridgehead atoms. The highest BCUT2D eigenvalue weighted by atomic mass is 16.5. The number of carboxylic acids is 1. The van der Waals surface area contributed by atoms with Gasteiger partial charge in [-0.25, -0.2) is 9.78 Å². The minimum absolute atomic E-state index is 0.0622. The molecule has 1 rings (SSSR count). The van der Waals surface area contributed by atoms with Gasteiger partial charge in [-0.15, -0.1) is 0 Å². The van der Waals surface area contributed by atoms with Crippen LogP contribution in [0.3, 0.4) is 0 Å². The fourth-order valence-corrected chi connectivity index (χ4v) is 1.06. The van der Waals surface area contributed by atoms with Crippen LogP contribution in [0.1, 0.15) is 23.8 Å². The van der Waals surface area contributed by atoms with Crippen LogP contribution in [-0.4, -0.2) is 35.1 Å². The number of aromatic carboxylic acids is 1. The summed E-state index contributed by atoms with van der Waals surface area (Å²) in [4.78, 5) is 25.4. The molecule has 0 spiro atoms. The van der Waals surface area contributed by atoms with Crippen LogP contribution in [0.25, 0.3) is 0 Å². The van der Waals surface area contributed by atoms with E-state index in [2.05, 4.69) is 10.3 Å². The highest BCUT2D eigenvalue weighted by Crippen LogP contribution is 2.08. The van der Waals surface area contributed by atoms with Crippen molar-refractivity contribution in [1.82, 2.24) is 10.3 Å². The van der Waals surface area contributed by atoms with E-state index in [0.717, 1.165) is 6.42 Å². The minimum atomic E-state index is -1.10. The number of nitrogens with one attached hydrogen (secondary N) is 1. The molecule has 1 heterocycles. The molecule has 92 valence electrons. The van der Waals surface area contributed by atoms with Crippen LogP contribution in [-0.2, 0) is 4.79 Å². The summed E-state index contributed by atoms with van der Waals surface area (Å²) in [5.74, 6) is -0.951. The lowest BCUT2D eigenvalue weighted by molar-refractivity contribution is -0.123. The summed E-state index contributed by atoms with van der Waals surface area (Å²) in [6.07, 6.45) is 2.14. The van der Waals surface area contributed by atoms with Gasteiger partial charge in [0, 0.05) is 6.54 Å². The van der Waals surface area contributed by atoms with Crippen LogP contribution in [0.5, 0.6) is 5.75 Å². The zero-order valence-corrected chi connectivity index (χ0v) is 9.47. The Balaban J connectivity index is 2.42. The number of pyridine rings is 1. The Hall–Kier alpha value is -2.11. The summed E-state index contributed by atoms with van der Waals surface area (Å²) in [5.41, 5.74) is -0.0622. The fourth-order valence-electron chi connectivity index (χ4n) is 1.06. The van der Waals surface area contributed by atoms with E-state index < -0.39 is 5.97 Å². The van der Waals surface area contributed by atoms with Gasteiger partial charge >= 0.3 is 5.97 Å². The molecule has 0 unspecified atom stereocenters. The van der Waals surface area contributed by atoms with Crippen LogP contribution in [0.2, 0.25) is 0 Å². The third-order valence-corrected chi connectivity index (χ3v) is 1.90. The van der Waals surface area contributed by atoms with E-state index in [4.69, 9.17) is 9.84 Å². The first-order valence-corrected chi connectivity index (χ1v) is 5.22. The fraction of sp³-hybridized carbons (Fsp3) is 0.364. The molecule has 0 aliphatic rings. The SMILES string of the molecule is CCCNC(=O)COc1ccc(C(=O)O)nc1. The summed E-state index contributed by atoms with van der Waals surface area (Å²) in [6.45, 7) is 2.46. The first-order chi connectivity index (χ1) is 8.13. The molecule has 0 saturated carbocycles. The van der Waals surface area contributed by atoms with Crippen molar-refractivity contribution >= 4 is 11.9 Å². The van der Waals surface area contributed by atoms with Crippen LogP contribution in [0.4, 0.5) is 0 Å². The molecule has 0 aromatic carbocycles. The number of amides is 1. The Labute approximate surface area is 98.6 Å². The van der Waals surface area contributed by atoms with Gasteiger partial charge < -0.3 is 15.2 Å². The summed E-state index contributed by atoms with van der Waals surface area (Å²) in [7, 11) is 0. The molecule has 2 N–H and O–H groups in total. The minimum Gasteiger partial charge on any atom is -0.482 e. The Bertz CT molecular complexity index is 389. The largest absolute Gasteiger partial charge is 0.482 e. The molecular formula is C11H14N2O4. The normalized spacial score (nSPS) is 9.71. The van der Waals surface area contributed by atoms with Gasteiger partial charge in [0.15, 0.2) is 6.61 Å². The number of ether oxygens (including phenoxy) is 1. The van der Waals surface area contributed by atoms with Gasteiger partial charge in [0.2, 0.25) is 0 Å². The summed E-state index contributed by atoms with van der Waals surface area (Å²) < 4.78 is 5.13. The van der Waals surface area contributed by atoms with Crippen molar-refractivity contribution < 1.29 is 19.4 Å². The average molecular weight is 238 g/mol. The van der Waals surface area contributed by atoms with E-state index in [1.165, 1.54) is 18.3 Å². The average Bonchev–Trinajstić information content (AvgIpc) is 2.34. The van der Waals surface area contributed by atoms with E-state index in [9.17, 15) is 9.59 Å². The van der Waals surface area contributed by atoms with Crippen LogP contribution in [0.15, 0.2) is 18.3 Å². The maximum Gasteiger partial charge on any atom is 0.354 e. The van der Waals surface area contributed by atoms with Gasteiger partial charge in [0.1, 0.15) is 11.4 Å². The van der Waals surface area contributed by atoms with Crippen molar-refractivity contribution in [3.8, 4) is 5.75 Å². The number of rotatable bonds is 6. The molecule has 6 heteroatoms. The molecule has 0 atom stereocenters. The highest BCUT2D eigenvalue weighted by molar-refractivity contribution is 5.85. The molecule has 1 amide bonds. The second-order valence-corrected chi connectivity index (χ2v) is 3.32. The molecule has 0 radical (unpaired) electrons. The molecule has 0 aliphatic heterocycles. The van der Waals surface area contributed by atoms with E-state index in [1.807, 2.05) is 6.92 Å². The molecule has 1 aromatic heterocycles. The first-order valence-electron chi connectivity index (χ1n) is 5.22. The van der Waals surface area contributed by atoms with Gasteiger partial charge in [-0.2, -0.15) is 0 Å². The standard InChI is InChI=1S/C11H14N2O4/c1-2-5-12-10(14)7-17-8-3-4-9(11(15)16)13-6-8/h3-4,6H,2,5,7H2,1H3,(H,12,14)(H,15,16). The third-order valence-electron chi connectivity index (χ3n) is 1.90. The number of carbonyl (C=O) groups excluding carboxylic acids is 1. The van der Waals surface area contributed by atoms with E-state index in [1.54, 1.807) is 0 Å².